The number of allylic oxidation sites excluding steroid dienone is 20. The van der Waals surface area contributed by atoms with Crippen LogP contribution in [0.2, 0.25) is 0 Å². The fourth-order valence-corrected chi connectivity index (χ4v) is 6.92. The maximum absolute atomic E-state index is 12.7. The van der Waals surface area contributed by atoms with Gasteiger partial charge in [0.1, 0.15) is 19.3 Å². The van der Waals surface area contributed by atoms with Crippen LogP contribution in [-0.4, -0.2) is 70.7 Å². The van der Waals surface area contributed by atoms with E-state index >= 15 is 0 Å². The van der Waals surface area contributed by atoms with E-state index in [9.17, 15) is 14.3 Å². The van der Waals surface area contributed by atoms with Crippen molar-refractivity contribution in [2.24, 2.45) is 0 Å². The highest BCUT2D eigenvalue weighted by Gasteiger charge is 2.20. The Balaban J connectivity index is 4.28. The van der Waals surface area contributed by atoms with Gasteiger partial charge in [0.15, 0.2) is 0 Å². The second kappa shape index (κ2) is 47.4. The molecule has 0 aromatic carbocycles. The van der Waals surface area contributed by atoms with Gasteiger partial charge in [-0.25, -0.2) is 0 Å². The Morgan fingerprint density at radius 1 is 0.477 bits per heavy atom. The van der Waals surface area contributed by atoms with Gasteiger partial charge in [-0.15, -0.1) is 0 Å². The van der Waals surface area contributed by atoms with E-state index < -0.39 is 13.9 Å². The minimum Gasteiger partial charge on any atom is -0.756 e. The highest BCUT2D eigenvalue weighted by Crippen LogP contribution is 2.38. The van der Waals surface area contributed by atoms with Crippen molar-refractivity contribution in [1.82, 2.24) is 0 Å². The molecule has 0 aromatic heterocycles. The molecular weight excluding hydrogens is 830 g/mol. The lowest BCUT2D eigenvalue weighted by molar-refractivity contribution is -0.870. The van der Waals surface area contributed by atoms with E-state index in [4.69, 9.17) is 18.5 Å². The van der Waals surface area contributed by atoms with Crippen molar-refractivity contribution in [3.05, 3.63) is 122 Å². The molecule has 0 rings (SSSR count). The molecule has 0 N–H and O–H groups in total. The molecule has 0 radical (unpaired) electrons. The number of nitrogens with zero attached hydrogens (tertiary/aromatic N) is 1. The molecule has 370 valence electrons. The summed E-state index contributed by atoms with van der Waals surface area (Å²) >= 11 is 0. The van der Waals surface area contributed by atoms with E-state index in [1.54, 1.807) is 0 Å². The van der Waals surface area contributed by atoms with Crippen molar-refractivity contribution in [3.63, 3.8) is 0 Å². The Kier molecular flexibility index (Phi) is 45.1. The number of esters is 1. The number of ether oxygens (including phenoxy) is 2. The smallest absolute Gasteiger partial charge is 0.306 e. The van der Waals surface area contributed by atoms with Crippen LogP contribution in [0.25, 0.3) is 0 Å². The third-order valence-electron chi connectivity index (χ3n) is 10.0. The number of phosphoric acid groups is 1. The van der Waals surface area contributed by atoms with Crippen molar-refractivity contribution in [2.45, 2.75) is 174 Å². The fraction of sp³-hybridized carbons (Fsp3) is 0.625. The van der Waals surface area contributed by atoms with Gasteiger partial charge >= 0.3 is 5.97 Å². The summed E-state index contributed by atoms with van der Waals surface area (Å²) in [6, 6.07) is 0. The summed E-state index contributed by atoms with van der Waals surface area (Å²) in [5.74, 6) is -0.374. The molecular formula is C56H94NO7P. The number of quaternary nitrogens is 1. The Morgan fingerprint density at radius 3 is 1.26 bits per heavy atom. The van der Waals surface area contributed by atoms with Gasteiger partial charge < -0.3 is 27.9 Å². The Bertz CT molecular complexity index is 1450. The zero-order valence-electron chi connectivity index (χ0n) is 41.9. The molecule has 65 heavy (non-hydrogen) atoms. The quantitative estimate of drug-likeness (QED) is 0.0197. The molecule has 0 aliphatic rings. The largest absolute Gasteiger partial charge is 0.756 e. The molecule has 0 fully saturated rings. The number of hydrogen-bond acceptors (Lipinski definition) is 7. The maximum Gasteiger partial charge on any atom is 0.306 e. The molecule has 0 saturated heterocycles. The number of carbonyl (C=O) groups is 1. The minimum absolute atomic E-state index is 0.0100. The summed E-state index contributed by atoms with van der Waals surface area (Å²) in [5, 5.41) is 0. The van der Waals surface area contributed by atoms with Crippen molar-refractivity contribution >= 4 is 13.8 Å². The first-order valence-electron chi connectivity index (χ1n) is 25.3. The molecule has 2 unspecified atom stereocenters. The van der Waals surface area contributed by atoms with Crippen LogP contribution in [0.15, 0.2) is 122 Å². The molecule has 0 bridgehead atoms. The molecule has 0 aliphatic heterocycles. The van der Waals surface area contributed by atoms with E-state index in [1.807, 2.05) is 21.1 Å². The molecule has 9 heteroatoms. The zero-order valence-corrected chi connectivity index (χ0v) is 42.8. The highest BCUT2D eigenvalue weighted by molar-refractivity contribution is 7.45. The SMILES string of the molecule is CC/C=C\C/C=C\C/C=C\C/C=C\C/C=C\C/C=C\C/C=C\CCCCCC(=O)OC(COCCCCCCCCCC/C=C\C/C=C\C/C=C\CC)COP(=O)([O-])OCC[N+](C)(C)C. The van der Waals surface area contributed by atoms with Crippen molar-refractivity contribution in [2.75, 3.05) is 54.1 Å². The summed E-state index contributed by atoms with van der Waals surface area (Å²) in [4.78, 5) is 25.2. The molecule has 0 spiro atoms. The van der Waals surface area contributed by atoms with Gasteiger partial charge in [0, 0.05) is 13.0 Å². The normalized spacial score (nSPS) is 14.6. The minimum atomic E-state index is -4.55. The lowest BCUT2D eigenvalue weighted by atomic mass is 10.1. The van der Waals surface area contributed by atoms with Crippen molar-refractivity contribution < 1.29 is 37.3 Å². The number of likely N-dealkylation sites (N-methyl/N-ethyl adjacent to an activating group) is 1. The molecule has 0 heterocycles. The van der Waals surface area contributed by atoms with Crippen LogP contribution in [0.3, 0.4) is 0 Å². The predicted molar refractivity (Wildman–Crippen MR) is 277 cm³/mol. The second-order valence-corrected chi connectivity index (χ2v) is 18.8. The Labute approximate surface area is 399 Å². The molecule has 2 atom stereocenters. The lowest BCUT2D eigenvalue weighted by Crippen LogP contribution is -2.37. The summed E-state index contributed by atoms with van der Waals surface area (Å²) in [6.07, 6.45) is 67.9. The van der Waals surface area contributed by atoms with Gasteiger partial charge in [0.2, 0.25) is 0 Å². The first-order chi connectivity index (χ1) is 31.6. The fourth-order valence-electron chi connectivity index (χ4n) is 6.19. The number of unbranched alkanes of at least 4 members (excludes halogenated alkanes) is 11. The summed E-state index contributed by atoms with van der Waals surface area (Å²) in [7, 11) is 1.31. The van der Waals surface area contributed by atoms with Crippen LogP contribution in [0.1, 0.15) is 168 Å². The molecule has 8 nitrogen and oxygen atoms in total. The van der Waals surface area contributed by atoms with Gasteiger partial charge in [0.05, 0.1) is 34.4 Å². The zero-order chi connectivity index (χ0) is 47.6. The summed E-state index contributed by atoms with van der Waals surface area (Å²) in [5.41, 5.74) is 0. The van der Waals surface area contributed by atoms with Crippen LogP contribution in [-0.2, 0) is 27.9 Å². The van der Waals surface area contributed by atoms with Gasteiger partial charge in [-0.05, 0) is 103 Å². The lowest BCUT2D eigenvalue weighted by Gasteiger charge is -2.28. The van der Waals surface area contributed by atoms with Crippen LogP contribution < -0.4 is 4.89 Å². The van der Waals surface area contributed by atoms with Gasteiger partial charge in [-0.1, -0.05) is 180 Å². The van der Waals surface area contributed by atoms with Gasteiger partial charge in [-0.3, -0.25) is 9.36 Å². The van der Waals surface area contributed by atoms with Crippen molar-refractivity contribution in [3.8, 4) is 0 Å². The second-order valence-electron chi connectivity index (χ2n) is 17.4. The van der Waals surface area contributed by atoms with Crippen LogP contribution >= 0.6 is 7.82 Å². The summed E-state index contributed by atoms with van der Waals surface area (Å²) < 4.78 is 34.7. The Morgan fingerprint density at radius 2 is 0.846 bits per heavy atom. The number of hydrogen-bond donors (Lipinski definition) is 0. The standard InChI is InChI=1S/C56H94NO7P/c1-6-8-10-12-14-16-18-20-22-24-26-27-28-29-30-31-32-33-35-37-39-41-43-45-47-49-56(58)64-55(54-63-65(59,60)62-52-50-57(3,4)5)53-61-51-48-46-44-42-40-38-36-34-25-23-21-19-17-15-13-11-9-7-2/h8-11,14-17,20-23,26-27,29-30,32-33,37,39,55H,6-7,12-13,18-19,24-25,28,31,34-36,38,40-54H2,1-5H3/b10-8-,11-9-,16-14-,17-15-,22-20-,23-21-,27-26-,30-29-,33-32-,39-37-. The predicted octanol–water partition coefficient (Wildman–Crippen LogP) is 15.1. The number of phosphoric ester groups is 1. The molecule has 0 amide bonds. The average Bonchev–Trinajstić information content (AvgIpc) is 3.27. The molecule has 0 aliphatic carbocycles. The third kappa shape index (κ3) is 51.7. The van der Waals surface area contributed by atoms with Crippen LogP contribution in [0.4, 0.5) is 0 Å². The van der Waals surface area contributed by atoms with Crippen LogP contribution in [0, 0.1) is 0 Å². The van der Waals surface area contributed by atoms with E-state index in [1.165, 1.54) is 32.1 Å². The highest BCUT2D eigenvalue weighted by atomic mass is 31.2. The van der Waals surface area contributed by atoms with E-state index in [0.717, 1.165) is 109 Å². The average molecular weight is 924 g/mol. The maximum atomic E-state index is 12.7. The first-order valence-corrected chi connectivity index (χ1v) is 26.7. The number of rotatable bonds is 45. The van der Waals surface area contributed by atoms with Crippen LogP contribution in [0.5, 0.6) is 0 Å². The van der Waals surface area contributed by atoms with E-state index in [0.29, 0.717) is 24.1 Å². The summed E-state index contributed by atoms with van der Waals surface area (Å²) in [6.45, 7) is 5.09. The monoisotopic (exact) mass is 924 g/mol. The molecule has 0 aromatic rings. The first kappa shape index (κ1) is 61.9. The van der Waals surface area contributed by atoms with Gasteiger partial charge in [-0.2, -0.15) is 0 Å². The third-order valence-corrected chi connectivity index (χ3v) is 11.0. The van der Waals surface area contributed by atoms with E-state index in [-0.39, 0.29) is 32.2 Å². The van der Waals surface area contributed by atoms with Crippen molar-refractivity contribution in [1.29, 1.82) is 0 Å². The molecule has 0 saturated carbocycles. The van der Waals surface area contributed by atoms with E-state index in [2.05, 4.69) is 135 Å². The Hall–Kier alpha value is -3.10. The topological polar surface area (TPSA) is 94.1 Å². The number of carbonyl (C=O) groups excluding carboxylic acids is 1. The van der Waals surface area contributed by atoms with Gasteiger partial charge in [0.25, 0.3) is 7.82 Å².